The smallest absolute Gasteiger partial charge is 0.305 e. The molecule has 1 aliphatic rings. The summed E-state index contributed by atoms with van der Waals surface area (Å²) in [6, 6.07) is 17.6. The molecule has 2 atom stereocenters. The van der Waals surface area contributed by atoms with Crippen LogP contribution < -0.4 is 11.5 Å². The highest BCUT2D eigenvalue weighted by Crippen LogP contribution is 2.46. The number of carbonyl (C=O) groups is 3. The predicted octanol–water partition coefficient (Wildman–Crippen LogP) is 5.77. The summed E-state index contributed by atoms with van der Waals surface area (Å²) in [6.07, 6.45) is 0.666. The fourth-order valence-corrected chi connectivity index (χ4v) is 5.63. The van der Waals surface area contributed by atoms with Gasteiger partial charge in [-0.2, -0.15) is 0 Å². The number of carbonyl (C=O) groups excluding carboxylic acids is 3. The van der Waals surface area contributed by atoms with E-state index in [0.29, 0.717) is 40.0 Å². The van der Waals surface area contributed by atoms with E-state index >= 15 is 0 Å². The number of fused-ring (bicyclic) bond motifs is 1. The van der Waals surface area contributed by atoms with Crippen molar-refractivity contribution >= 4 is 52.3 Å². The Bertz CT molecular complexity index is 1230. The number of hydrogen-bond acceptors (Lipinski definition) is 6. The van der Waals surface area contributed by atoms with Crippen molar-refractivity contribution in [3.63, 3.8) is 0 Å². The van der Waals surface area contributed by atoms with Crippen molar-refractivity contribution in [1.29, 1.82) is 0 Å². The van der Waals surface area contributed by atoms with Gasteiger partial charge in [-0.15, -0.1) is 11.3 Å². The maximum atomic E-state index is 13.7. The Morgan fingerprint density at radius 2 is 1.78 bits per heavy atom. The van der Waals surface area contributed by atoms with E-state index in [0.717, 1.165) is 10.4 Å². The van der Waals surface area contributed by atoms with E-state index in [9.17, 15) is 14.4 Å². The Hall–Kier alpha value is -2.91. The number of esters is 1. The number of thiophene rings is 1. The molecule has 0 saturated carbocycles. The average molecular weight is 548 g/mol. The molecule has 190 valence electrons. The van der Waals surface area contributed by atoms with Crippen molar-refractivity contribution in [3.05, 3.63) is 91.6 Å². The van der Waals surface area contributed by atoms with Gasteiger partial charge < -0.3 is 21.1 Å². The molecular weight excluding hydrogens is 521 g/mol. The molecule has 4 rings (SSSR count). The maximum absolute atomic E-state index is 13.7. The fraction of sp³-hybridized carbons (Fsp3) is 0.269. The minimum absolute atomic E-state index is 0. The molecule has 2 heterocycles. The van der Waals surface area contributed by atoms with Gasteiger partial charge in [0.25, 0.3) is 5.91 Å². The van der Waals surface area contributed by atoms with Gasteiger partial charge in [0.05, 0.1) is 23.4 Å². The highest BCUT2D eigenvalue weighted by molar-refractivity contribution is 7.16. The van der Waals surface area contributed by atoms with Crippen LogP contribution in [-0.2, 0) is 20.9 Å². The zero-order valence-corrected chi connectivity index (χ0v) is 22.0. The molecule has 10 heteroatoms. The molecule has 7 nitrogen and oxygen atoms in total. The third-order valence-electron chi connectivity index (χ3n) is 5.96. The zero-order chi connectivity index (χ0) is 24.9. The first-order valence-electron chi connectivity index (χ1n) is 11.1. The lowest BCUT2D eigenvalue weighted by molar-refractivity contribution is -0.140. The standard InChI is InChI=1S/C26H24Cl2N2O4S.H3N/c1-34-22(31)7-4-14-29-25(32)23-18-5-2-3-6-19(18)26(33)30(15-16-8-10-17(27)11-9-16)24(23)20-12-13-21(28)35-20;/h2-3,5-6,8-13,23-24H,4,7,14-15H2,1H3,(H,29,32);1H3. The summed E-state index contributed by atoms with van der Waals surface area (Å²) in [5, 5.41) is 3.56. The van der Waals surface area contributed by atoms with E-state index in [1.165, 1.54) is 18.4 Å². The number of methoxy groups -OCH3 is 1. The molecule has 2 aromatic carbocycles. The van der Waals surface area contributed by atoms with Crippen molar-refractivity contribution in [1.82, 2.24) is 16.4 Å². The number of hydrogen-bond donors (Lipinski definition) is 2. The molecule has 1 aliphatic heterocycles. The Morgan fingerprint density at radius 1 is 1.06 bits per heavy atom. The topological polar surface area (TPSA) is 111 Å². The summed E-state index contributed by atoms with van der Waals surface area (Å²) < 4.78 is 5.25. The van der Waals surface area contributed by atoms with E-state index in [1.807, 2.05) is 30.3 Å². The largest absolute Gasteiger partial charge is 0.469 e. The first-order valence-corrected chi connectivity index (χ1v) is 12.7. The quantitative estimate of drug-likeness (QED) is 0.274. The van der Waals surface area contributed by atoms with Crippen molar-refractivity contribution in [2.24, 2.45) is 0 Å². The molecule has 0 aliphatic carbocycles. The van der Waals surface area contributed by atoms with Crippen LogP contribution in [0, 0.1) is 0 Å². The number of rotatable bonds is 8. The number of nitrogens with zero attached hydrogens (tertiary/aromatic N) is 1. The molecule has 2 amide bonds. The molecule has 1 aromatic heterocycles. The van der Waals surface area contributed by atoms with E-state index in [2.05, 4.69) is 10.1 Å². The SMILES string of the molecule is COC(=O)CCCNC(=O)C1c2ccccc2C(=O)N(Cc2ccc(Cl)cc2)C1c1ccc(Cl)s1.N. The first-order chi connectivity index (χ1) is 16.9. The number of ether oxygens (including phenoxy) is 1. The third kappa shape index (κ3) is 6.07. The van der Waals surface area contributed by atoms with Crippen LogP contribution in [0.3, 0.4) is 0 Å². The van der Waals surface area contributed by atoms with Gasteiger partial charge in [0.2, 0.25) is 5.91 Å². The number of amides is 2. The van der Waals surface area contributed by atoms with Gasteiger partial charge in [-0.1, -0.05) is 53.5 Å². The second kappa shape index (κ2) is 12.4. The van der Waals surface area contributed by atoms with Crippen LogP contribution in [0.15, 0.2) is 60.7 Å². The van der Waals surface area contributed by atoms with Crippen LogP contribution in [0.2, 0.25) is 9.36 Å². The molecule has 4 N–H and O–H groups in total. The lowest BCUT2D eigenvalue weighted by atomic mass is 9.81. The third-order valence-corrected chi connectivity index (χ3v) is 7.51. The second-order valence-electron chi connectivity index (χ2n) is 8.18. The molecule has 36 heavy (non-hydrogen) atoms. The van der Waals surface area contributed by atoms with E-state index in [1.54, 1.807) is 35.2 Å². The summed E-state index contributed by atoms with van der Waals surface area (Å²) >= 11 is 13.7. The molecule has 0 saturated heterocycles. The van der Waals surface area contributed by atoms with Crippen LogP contribution in [0.4, 0.5) is 0 Å². The van der Waals surface area contributed by atoms with Crippen LogP contribution in [0.1, 0.15) is 51.2 Å². The van der Waals surface area contributed by atoms with Gasteiger partial charge in [0.1, 0.15) is 0 Å². The molecule has 0 fully saturated rings. The summed E-state index contributed by atoms with van der Waals surface area (Å²) in [7, 11) is 1.34. The second-order valence-corrected chi connectivity index (χ2v) is 10.4. The normalized spacial score (nSPS) is 16.6. The Morgan fingerprint density at radius 3 is 2.44 bits per heavy atom. The minimum Gasteiger partial charge on any atom is -0.469 e. The summed E-state index contributed by atoms with van der Waals surface area (Å²) in [6.45, 7) is 0.617. The van der Waals surface area contributed by atoms with Crippen molar-refractivity contribution < 1.29 is 19.1 Å². The molecule has 0 radical (unpaired) electrons. The number of halogens is 2. The Balaban J connectivity index is 0.00000361. The fourth-order valence-electron chi connectivity index (χ4n) is 4.30. The maximum Gasteiger partial charge on any atom is 0.305 e. The predicted molar refractivity (Wildman–Crippen MR) is 142 cm³/mol. The average Bonchev–Trinajstić information content (AvgIpc) is 3.30. The van der Waals surface area contributed by atoms with Gasteiger partial charge in [-0.05, 0) is 47.9 Å². The van der Waals surface area contributed by atoms with Crippen LogP contribution in [0.25, 0.3) is 0 Å². The summed E-state index contributed by atoms with van der Waals surface area (Å²) in [5.41, 5.74) is 2.06. The van der Waals surface area contributed by atoms with Gasteiger partial charge in [0, 0.05) is 35.0 Å². The van der Waals surface area contributed by atoms with Crippen LogP contribution >= 0.6 is 34.5 Å². The Labute approximate surface area is 223 Å². The highest BCUT2D eigenvalue weighted by Gasteiger charge is 2.44. The number of nitrogens with one attached hydrogen (secondary N) is 1. The van der Waals surface area contributed by atoms with Gasteiger partial charge in [0.15, 0.2) is 0 Å². The van der Waals surface area contributed by atoms with E-state index in [4.69, 9.17) is 23.2 Å². The molecule has 0 spiro atoms. The summed E-state index contributed by atoms with van der Waals surface area (Å²) in [5.74, 6) is -1.34. The summed E-state index contributed by atoms with van der Waals surface area (Å²) in [4.78, 5) is 41.3. The Kier molecular flexibility index (Phi) is 9.50. The van der Waals surface area contributed by atoms with Crippen LogP contribution in [-0.4, -0.2) is 36.3 Å². The van der Waals surface area contributed by atoms with E-state index < -0.39 is 12.0 Å². The molecular formula is C26H27Cl2N3O4S. The van der Waals surface area contributed by atoms with Crippen molar-refractivity contribution in [3.8, 4) is 0 Å². The lowest BCUT2D eigenvalue weighted by Gasteiger charge is -2.41. The molecule has 2 unspecified atom stereocenters. The van der Waals surface area contributed by atoms with Crippen molar-refractivity contribution in [2.45, 2.75) is 31.3 Å². The monoisotopic (exact) mass is 547 g/mol. The minimum atomic E-state index is -0.649. The number of benzene rings is 2. The van der Waals surface area contributed by atoms with Gasteiger partial charge in [-0.3, -0.25) is 14.4 Å². The lowest BCUT2D eigenvalue weighted by Crippen LogP contribution is -2.47. The van der Waals surface area contributed by atoms with Crippen molar-refractivity contribution in [2.75, 3.05) is 13.7 Å². The van der Waals surface area contributed by atoms with Crippen LogP contribution in [0.5, 0.6) is 0 Å². The zero-order valence-electron chi connectivity index (χ0n) is 19.7. The first kappa shape index (κ1) is 27.7. The van der Waals surface area contributed by atoms with Gasteiger partial charge in [-0.25, -0.2) is 0 Å². The molecule has 3 aromatic rings. The van der Waals surface area contributed by atoms with E-state index in [-0.39, 0.29) is 30.4 Å². The molecule has 0 bridgehead atoms. The highest BCUT2D eigenvalue weighted by atomic mass is 35.5. The van der Waals surface area contributed by atoms with Gasteiger partial charge >= 0.3 is 5.97 Å².